The van der Waals surface area contributed by atoms with Crippen LogP contribution in [0.5, 0.6) is 5.75 Å². The third-order valence-electron chi connectivity index (χ3n) is 2.98. The van der Waals surface area contributed by atoms with E-state index in [1.165, 1.54) is 0 Å². The van der Waals surface area contributed by atoms with Gasteiger partial charge in [-0.25, -0.2) is 0 Å². The molecule has 0 aliphatic heterocycles. The Morgan fingerprint density at radius 2 is 1.59 bits per heavy atom. The van der Waals surface area contributed by atoms with E-state index in [1.54, 1.807) is 6.21 Å². The fourth-order valence-corrected chi connectivity index (χ4v) is 3.38. The SMILES string of the molecule is C[Si](C)(C)c1cccc(C=Nc2ccccc2)c1O.[Br][Ti][Br]. The zero-order chi connectivity index (χ0) is 16.6. The van der Waals surface area contributed by atoms with Crippen molar-refractivity contribution in [1.29, 1.82) is 0 Å². The quantitative estimate of drug-likeness (QED) is 0.468. The molecule has 0 aliphatic carbocycles. The number of aromatic hydroxyl groups is 1. The van der Waals surface area contributed by atoms with Gasteiger partial charge in [-0.05, 0) is 23.4 Å². The van der Waals surface area contributed by atoms with E-state index in [0.717, 1.165) is 16.4 Å². The van der Waals surface area contributed by atoms with Crippen molar-refractivity contribution in [1.82, 2.24) is 0 Å². The van der Waals surface area contributed by atoms with E-state index >= 15 is 0 Å². The second-order valence-electron chi connectivity index (χ2n) is 5.66. The van der Waals surface area contributed by atoms with Crippen LogP contribution in [-0.2, 0) is 15.0 Å². The van der Waals surface area contributed by atoms with Gasteiger partial charge >= 0.3 is 41.3 Å². The van der Waals surface area contributed by atoms with Gasteiger partial charge in [-0.15, -0.1) is 0 Å². The number of hydrogen-bond donors (Lipinski definition) is 1. The number of hydrogen-bond acceptors (Lipinski definition) is 2. The van der Waals surface area contributed by atoms with Gasteiger partial charge in [0, 0.05) is 11.8 Å². The summed E-state index contributed by atoms with van der Waals surface area (Å²) in [7, 11) is -1.53. The predicted molar refractivity (Wildman–Crippen MR) is 103 cm³/mol. The topological polar surface area (TPSA) is 32.6 Å². The number of para-hydroxylation sites is 2. The molecule has 2 aromatic rings. The third-order valence-corrected chi connectivity index (χ3v) is 5.00. The van der Waals surface area contributed by atoms with Crippen molar-refractivity contribution in [3.05, 3.63) is 54.1 Å². The summed E-state index contributed by atoms with van der Waals surface area (Å²) in [5.74, 6) is 0.376. The maximum absolute atomic E-state index is 10.3. The first kappa shape index (κ1) is 19.8. The van der Waals surface area contributed by atoms with Crippen LogP contribution in [0.15, 0.2) is 53.5 Å². The molecule has 0 aliphatic rings. The Balaban J connectivity index is 0.000000745. The van der Waals surface area contributed by atoms with Gasteiger partial charge in [0.1, 0.15) is 5.75 Å². The Morgan fingerprint density at radius 3 is 2.14 bits per heavy atom. The maximum atomic E-state index is 10.3. The van der Waals surface area contributed by atoms with Crippen LogP contribution in [0.1, 0.15) is 5.56 Å². The zero-order valence-corrected chi connectivity index (χ0v) is 18.6. The number of phenolic OH excluding ortho intramolecular Hbond substituents is 1. The molecule has 0 radical (unpaired) electrons. The summed E-state index contributed by atoms with van der Waals surface area (Å²) < 4.78 is 0. The molecule has 2 rings (SSSR count). The van der Waals surface area contributed by atoms with E-state index in [9.17, 15) is 5.11 Å². The molecule has 0 spiro atoms. The molecule has 0 atom stereocenters. The molecule has 2 nitrogen and oxygen atoms in total. The number of halogens is 2. The van der Waals surface area contributed by atoms with Crippen LogP contribution < -0.4 is 5.19 Å². The molecule has 0 amide bonds. The molecule has 116 valence electrons. The monoisotopic (exact) mass is 475 g/mol. The molecule has 0 unspecified atom stereocenters. The fourth-order valence-electron chi connectivity index (χ4n) is 1.93. The normalized spacial score (nSPS) is 11.0. The van der Waals surface area contributed by atoms with Gasteiger partial charge in [0.2, 0.25) is 0 Å². The summed E-state index contributed by atoms with van der Waals surface area (Å²) in [6.07, 6.45) is 1.73. The van der Waals surface area contributed by atoms with E-state index in [-0.39, 0.29) is 15.0 Å². The summed E-state index contributed by atoms with van der Waals surface area (Å²) in [6, 6.07) is 15.6. The Hall–Kier alpha value is -0.199. The number of aliphatic imine (C=N–C) groups is 1. The molecule has 0 saturated carbocycles. The Kier molecular flexibility index (Phi) is 8.87. The molecule has 1 N–H and O–H groups in total. The molecule has 0 saturated heterocycles. The Morgan fingerprint density at radius 1 is 1.00 bits per heavy atom. The van der Waals surface area contributed by atoms with Crippen LogP contribution in [0.4, 0.5) is 5.69 Å². The number of nitrogens with zero attached hydrogens (tertiary/aromatic N) is 1. The average molecular weight is 477 g/mol. The van der Waals surface area contributed by atoms with Gasteiger partial charge in [-0.2, -0.15) is 0 Å². The van der Waals surface area contributed by atoms with E-state index in [0.29, 0.717) is 5.75 Å². The molecule has 0 fully saturated rings. The van der Waals surface area contributed by atoms with E-state index < -0.39 is 8.07 Å². The third kappa shape index (κ3) is 6.51. The van der Waals surface area contributed by atoms with E-state index in [1.807, 2.05) is 48.5 Å². The van der Waals surface area contributed by atoms with Crippen LogP contribution in [0.3, 0.4) is 0 Å². The summed E-state index contributed by atoms with van der Waals surface area (Å²) >= 11 is 6.50. The van der Waals surface area contributed by atoms with Gasteiger partial charge in [-0.3, -0.25) is 4.99 Å². The van der Waals surface area contributed by atoms with Crippen LogP contribution in [-0.4, -0.2) is 19.4 Å². The number of rotatable bonds is 3. The van der Waals surface area contributed by atoms with Crippen molar-refractivity contribution >= 4 is 51.5 Å². The summed E-state index contributed by atoms with van der Waals surface area (Å²) in [5, 5.41) is 11.4. The summed E-state index contributed by atoms with van der Waals surface area (Å²) in [6.45, 7) is 6.67. The Bertz CT molecular complexity index is 615. The van der Waals surface area contributed by atoms with Crippen molar-refractivity contribution in [2.75, 3.05) is 0 Å². The molecule has 22 heavy (non-hydrogen) atoms. The summed E-state index contributed by atoms with van der Waals surface area (Å²) in [5.41, 5.74) is 1.67. The van der Waals surface area contributed by atoms with Crippen LogP contribution in [0.25, 0.3) is 0 Å². The minimum absolute atomic E-state index is 0.125. The van der Waals surface area contributed by atoms with E-state index in [4.69, 9.17) is 0 Å². The first-order chi connectivity index (χ1) is 10.4. The summed E-state index contributed by atoms with van der Waals surface area (Å²) in [4.78, 5) is 4.39. The molecule has 2 aromatic carbocycles. The van der Waals surface area contributed by atoms with Crippen molar-refractivity contribution in [3.63, 3.8) is 0 Å². The molecular weight excluding hydrogens is 458 g/mol. The molecule has 6 heteroatoms. The number of benzene rings is 2. The molecular formula is C16H19Br2NOSiTi. The van der Waals surface area contributed by atoms with Crippen LogP contribution in [0, 0.1) is 0 Å². The van der Waals surface area contributed by atoms with Gasteiger partial charge in [0.25, 0.3) is 0 Å². The van der Waals surface area contributed by atoms with Crippen LogP contribution in [0.2, 0.25) is 19.6 Å². The predicted octanol–water partition coefficient (Wildman–Crippen LogP) is 5.38. The standard InChI is InChI=1S/C16H19NOSi.2BrH.Ti/c1-19(2,3)15-11-7-8-13(16(15)18)12-17-14-9-5-4-6-10-14;;;/h4-12,18H,1-3H3;2*1H;/q;;;+2/p-2. The second kappa shape index (κ2) is 9.83. The van der Waals surface area contributed by atoms with Gasteiger partial charge in [0.05, 0.1) is 13.8 Å². The Labute approximate surface area is 155 Å². The van der Waals surface area contributed by atoms with E-state index in [2.05, 4.69) is 51.0 Å². The van der Waals surface area contributed by atoms with Gasteiger partial charge in [-0.1, -0.05) is 50.0 Å². The van der Waals surface area contributed by atoms with Crippen LogP contribution >= 0.6 is 26.3 Å². The van der Waals surface area contributed by atoms with Crippen molar-refractivity contribution in [2.45, 2.75) is 19.6 Å². The van der Waals surface area contributed by atoms with Crippen molar-refractivity contribution in [2.24, 2.45) is 4.99 Å². The van der Waals surface area contributed by atoms with Crippen molar-refractivity contribution < 1.29 is 20.1 Å². The average Bonchev–Trinajstić information content (AvgIpc) is 2.47. The molecule has 0 bridgehead atoms. The second-order valence-corrected chi connectivity index (χ2v) is 18.6. The van der Waals surface area contributed by atoms with Gasteiger partial charge < -0.3 is 5.11 Å². The van der Waals surface area contributed by atoms with Gasteiger partial charge in [0.15, 0.2) is 0 Å². The van der Waals surface area contributed by atoms with Crippen molar-refractivity contribution in [3.8, 4) is 5.75 Å². The fraction of sp³-hybridized carbons (Fsp3) is 0.188. The first-order valence-corrected chi connectivity index (χ1v) is 18.0. The first-order valence-electron chi connectivity index (χ1n) is 6.78. The number of phenols is 1. The minimum atomic E-state index is -1.53. The molecule has 0 heterocycles. The zero-order valence-electron chi connectivity index (χ0n) is 12.8. The molecule has 0 aromatic heterocycles.